The fraction of sp³-hybridized carbons (Fsp3) is 0.233. The summed E-state index contributed by atoms with van der Waals surface area (Å²) in [7, 11) is 0. The van der Waals surface area contributed by atoms with Crippen molar-refractivity contribution < 1.29 is 18.9 Å². The summed E-state index contributed by atoms with van der Waals surface area (Å²) in [5.41, 5.74) is 2.64. The minimum Gasteiger partial charge on any atom is -0.463 e. The van der Waals surface area contributed by atoms with E-state index in [-0.39, 0.29) is 17.9 Å². The van der Waals surface area contributed by atoms with Crippen molar-refractivity contribution in [3.63, 3.8) is 0 Å². The van der Waals surface area contributed by atoms with Crippen LogP contribution in [0.15, 0.2) is 86.1 Å². The number of para-hydroxylation sites is 1. The quantitative estimate of drug-likeness (QED) is 0.178. The molecule has 1 aliphatic rings. The van der Waals surface area contributed by atoms with Crippen LogP contribution in [0.3, 0.4) is 0 Å². The first-order chi connectivity index (χ1) is 19.2. The molecule has 0 aliphatic carbocycles. The van der Waals surface area contributed by atoms with E-state index in [2.05, 4.69) is 18.8 Å². The Kier molecular flexibility index (Phi) is 7.36. The fourth-order valence-corrected chi connectivity index (χ4v) is 5.74. The van der Waals surface area contributed by atoms with E-state index in [1.54, 1.807) is 50.3 Å². The molecule has 0 bridgehead atoms. The van der Waals surface area contributed by atoms with Gasteiger partial charge in [0.25, 0.3) is 11.2 Å². The van der Waals surface area contributed by atoms with Crippen LogP contribution in [0.2, 0.25) is 0 Å². The lowest BCUT2D eigenvalue weighted by Gasteiger charge is -2.25. The Balaban J connectivity index is 1.63. The molecule has 4 aromatic rings. The number of benzene rings is 2. The maximum Gasteiger partial charge on any atom is 0.338 e. The number of aromatic nitrogens is 1. The largest absolute Gasteiger partial charge is 0.463 e. The Morgan fingerprint density at radius 3 is 2.58 bits per heavy atom. The molecule has 9 nitrogen and oxygen atoms in total. The summed E-state index contributed by atoms with van der Waals surface area (Å²) < 4.78 is 13.1. The molecule has 1 unspecified atom stereocenters. The van der Waals surface area contributed by atoms with E-state index in [1.807, 2.05) is 24.3 Å². The second kappa shape index (κ2) is 10.9. The number of nitro benzene ring substituents is 1. The maximum atomic E-state index is 13.8. The molecule has 1 aliphatic heterocycles. The van der Waals surface area contributed by atoms with Crippen molar-refractivity contribution in [3.8, 4) is 11.3 Å². The first-order valence-electron chi connectivity index (χ1n) is 12.8. The van der Waals surface area contributed by atoms with Gasteiger partial charge in [-0.05, 0) is 49.1 Å². The summed E-state index contributed by atoms with van der Waals surface area (Å²) in [4.78, 5) is 42.9. The zero-order valence-electron chi connectivity index (χ0n) is 22.4. The number of rotatable bonds is 7. The summed E-state index contributed by atoms with van der Waals surface area (Å²) in [6, 6.07) is 16.7. The molecule has 0 N–H and O–H groups in total. The molecule has 40 heavy (non-hydrogen) atoms. The average Bonchev–Trinajstić information content (AvgIpc) is 3.52. The summed E-state index contributed by atoms with van der Waals surface area (Å²) in [6.07, 6.45) is 1.59. The van der Waals surface area contributed by atoms with E-state index in [1.165, 1.54) is 22.0 Å². The highest BCUT2D eigenvalue weighted by atomic mass is 32.1. The Bertz CT molecular complexity index is 1830. The normalized spacial score (nSPS) is 15.2. The average molecular weight is 558 g/mol. The Morgan fingerprint density at radius 1 is 1.18 bits per heavy atom. The zero-order chi connectivity index (χ0) is 28.6. The number of fused-ring (bicyclic) bond motifs is 1. The number of hydrogen-bond acceptors (Lipinski definition) is 8. The van der Waals surface area contributed by atoms with Crippen molar-refractivity contribution in [1.29, 1.82) is 0 Å². The molecule has 0 fully saturated rings. The number of nitro groups is 1. The van der Waals surface area contributed by atoms with Gasteiger partial charge in [-0.25, -0.2) is 9.79 Å². The van der Waals surface area contributed by atoms with Crippen LogP contribution in [-0.2, 0) is 9.53 Å². The van der Waals surface area contributed by atoms with Crippen LogP contribution in [0, 0.1) is 10.1 Å². The van der Waals surface area contributed by atoms with Crippen molar-refractivity contribution in [2.24, 2.45) is 4.99 Å². The minimum absolute atomic E-state index is 0.0757. The van der Waals surface area contributed by atoms with Crippen molar-refractivity contribution >= 4 is 29.1 Å². The summed E-state index contributed by atoms with van der Waals surface area (Å²) in [5.74, 6) is 0.483. The third-order valence-corrected chi connectivity index (χ3v) is 7.69. The number of ether oxygens (including phenoxy) is 1. The molecular formula is C30H27N3O6S. The number of furan rings is 1. The number of thiazole rings is 1. The molecule has 0 saturated heterocycles. The Morgan fingerprint density at radius 2 is 1.90 bits per heavy atom. The maximum absolute atomic E-state index is 13.8. The highest BCUT2D eigenvalue weighted by Crippen LogP contribution is 2.32. The number of allylic oxidation sites excluding steroid dienone is 1. The van der Waals surface area contributed by atoms with Crippen LogP contribution < -0.4 is 14.9 Å². The van der Waals surface area contributed by atoms with Gasteiger partial charge >= 0.3 is 5.97 Å². The monoisotopic (exact) mass is 557 g/mol. The molecule has 0 radical (unpaired) electrons. The van der Waals surface area contributed by atoms with Gasteiger partial charge in [0.2, 0.25) is 0 Å². The molecule has 2 aromatic heterocycles. The lowest BCUT2D eigenvalue weighted by molar-refractivity contribution is -0.384. The predicted molar refractivity (Wildman–Crippen MR) is 152 cm³/mol. The molecule has 3 heterocycles. The fourth-order valence-electron chi connectivity index (χ4n) is 4.72. The number of carbonyl (C=O) groups is 1. The first-order valence-corrected chi connectivity index (χ1v) is 13.6. The van der Waals surface area contributed by atoms with Crippen LogP contribution >= 0.6 is 11.3 Å². The molecule has 204 valence electrons. The van der Waals surface area contributed by atoms with Gasteiger partial charge in [-0.2, -0.15) is 0 Å². The molecular weight excluding hydrogens is 530 g/mol. The van der Waals surface area contributed by atoms with Crippen LogP contribution in [0.25, 0.3) is 17.4 Å². The molecule has 0 saturated carbocycles. The van der Waals surface area contributed by atoms with Crippen molar-refractivity contribution in [1.82, 2.24) is 4.57 Å². The van der Waals surface area contributed by atoms with E-state index in [4.69, 9.17) is 9.15 Å². The molecule has 0 spiro atoms. The van der Waals surface area contributed by atoms with Crippen LogP contribution in [0.5, 0.6) is 0 Å². The van der Waals surface area contributed by atoms with Crippen LogP contribution in [-0.4, -0.2) is 22.1 Å². The van der Waals surface area contributed by atoms with Crippen molar-refractivity contribution in [2.75, 3.05) is 6.61 Å². The third kappa shape index (κ3) is 4.93. The molecule has 1 atom stereocenters. The SMILES string of the molecule is CCOC(=O)C1=C(C)N=c2s/c(=C\c3ccc(-c4ccccc4[N+](=O)[O-])o3)c(=O)n2C1c1ccc(C(C)C)cc1. The Hall–Kier alpha value is -4.57. The highest BCUT2D eigenvalue weighted by Gasteiger charge is 2.33. The number of nitrogens with zero attached hydrogens (tertiary/aromatic N) is 3. The predicted octanol–water partition coefficient (Wildman–Crippen LogP) is 5.09. The second-order valence-electron chi connectivity index (χ2n) is 9.60. The lowest BCUT2D eigenvalue weighted by Crippen LogP contribution is -2.39. The first kappa shape index (κ1) is 27.0. The van der Waals surface area contributed by atoms with Gasteiger partial charge in [-0.3, -0.25) is 19.5 Å². The number of hydrogen-bond donors (Lipinski definition) is 0. The molecule has 0 amide bonds. The van der Waals surface area contributed by atoms with E-state index >= 15 is 0 Å². The minimum atomic E-state index is -0.710. The van der Waals surface area contributed by atoms with Gasteiger partial charge in [0, 0.05) is 12.1 Å². The lowest BCUT2D eigenvalue weighted by atomic mass is 9.93. The Labute approximate surface area is 233 Å². The summed E-state index contributed by atoms with van der Waals surface area (Å²) >= 11 is 1.18. The van der Waals surface area contributed by atoms with Gasteiger partial charge in [-0.15, -0.1) is 0 Å². The summed E-state index contributed by atoms with van der Waals surface area (Å²) in [6.45, 7) is 7.87. The van der Waals surface area contributed by atoms with E-state index < -0.39 is 16.9 Å². The van der Waals surface area contributed by atoms with Gasteiger partial charge in [-0.1, -0.05) is 61.6 Å². The molecule has 5 rings (SSSR count). The van der Waals surface area contributed by atoms with Crippen LogP contribution in [0.4, 0.5) is 5.69 Å². The van der Waals surface area contributed by atoms with E-state index in [0.29, 0.717) is 43.6 Å². The van der Waals surface area contributed by atoms with Gasteiger partial charge in [0.05, 0.1) is 38.9 Å². The highest BCUT2D eigenvalue weighted by molar-refractivity contribution is 7.07. The molecule has 2 aromatic carbocycles. The van der Waals surface area contributed by atoms with E-state index in [9.17, 15) is 19.7 Å². The van der Waals surface area contributed by atoms with Crippen LogP contribution in [0.1, 0.15) is 56.5 Å². The zero-order valence-corrected chi connectivity index (χ0v) is 23.2. The smallest absolute Gasteiger partial charge is 0.338 e. The topological polar surface area (TPSA) is 117 Å². The molecule has 10 heteroatoms. The number of esters is 1. The second-order valence-corrected chi connectivity index (χ2v) is 10.6. The van der Waals surface area contributed by atoms with Gasteiger partial charge in [0.15, 0.2) is 4.80 Å². The van der Waals surface area contributed by atoms with Gasteiger partial charge < -0.3 is 9.15 Å². The summed E-state index contributed by atoms with van der Waals surface area (Å²) in [5, 5.41) is 11.5. The van der Waals surface area contributed by atoms with Gasteiger partial charge in [0.1, 0.15) is 11.5 Å². The van der Waals surface area contributed by atoms with Crippen molar-refractivity contribution in [3.05, 3.63) is 119 Å². The number of carbonyl (C=O) groups excluding carboxylic acids is 1. The van der Waals surface area contributed by atoms with Crippen molar-refractivity contribution in [2.45, 2.75) is 39.7 Å². The third-order valence-electron chi connectivity index (χ3n) is 6.70. The standard InChI is InChI=1S/C30H27N3O6S/c1-5-38-29(35)26-18(4)31-30-32(27(26)20-12-10-19(11-13-20)17(2)3)28(34)25(40-30)16-21-14-15-24(39-21)22-8-6-7-9-23(22)33(36)37/h6-17,27H,5H2,1-4H3/b25-16-. The van der Waals surface area contributed by atoms with E-state index in [0.717, 1.165) is 11.1 Å².